The largest absolute Gasteiger partial charge is 0.464 e. The lowest BCUT2D eigenvalue weighted by Crippen LogP contribution is -2.14. The van der Waals surface area contributed by atoms with Gasteiger partial charge >= 0.3 is 5.97 Å². The molecule has 3 aromatic rings. The zero-order valence-electron chi connectivity index (χ0n) is 14.8. The van der Waals surface area contributed by atoms with Gasteiger partial charge in [-0.3, -0.25) is 4.79 Å². The first kappa shape index (κ1) is 19.3. The minimum atomic E-state index is -0.299. The Bertz CT molecular complexity index is 920. The number of carbonyl (C=O) groups is 1. The highest BCUT2D eigenvalue weighted by Gasteiger charge is 2.12. The Balaban J connectivity index is 1.63. The Morgan fingerprint density at radius 1 is 1.15 bits per heavy atom. The van der Waals surface area contributed by atoms with E-state index in [2.05, 4.69) is 10.3 Å². The van der Waals surface area contributed by atoms with E-state index in [0.717, 1.165) is 17.1 Å². The van der Waals surface area contributed by atoms with Crippen molar-refractivity contribution in [1.29, 1.82) is 0 Å². The fraction of sp³-hybridized carbons (Fsp3) is 0.200. The van der Waals surface area contributed by atoms with Crippen LogP contribution in [0.4, 0.5) is 11.4 Å². The first-order valence-corrected chi connectivity index (χ1v) is 9.22. The normalized spacial score (nSPS) is 10.6. The summed E-state index contributed by atoms with van der Waals surface area (Å²) >= 11 is 12.4. The van der Waals surface area contributed by atoms with Crippen LogP contribution in [0, 0.1) is 6.92 Å². The summed E-state index contributed by atoms with van der Waals surface area (Å²) in [6.07, 6.45) is 3.73. The van der Waals surface area contributed by atoms with Crippen LogP contribution in [-0.2, 0) is 22.5 Å². The summed E-state index contributed by atoms with van der Waals surface area (Å²) in [5.41, 5.74) is 2.17. The first-order valence-electron chi connectivity index (χ1n) is 8.47. The van der Waals surface area contributed by atoms with Gasteiger partial charge in [0, 0.05) is 18.1 Å². The van der Waals surface area contributed by atoms with Gasteiger partial charge in [-0.1, -0.05) is 47.5 Å². The number of carbonyl (C=O) groups excluding carboxylic acids is 1. The number of anilines is 2. The number of esters is 1. The Labute approximate surface area is 167 Å². The predicted octanol–water partition coefficient (Wildman–Crippen LogP) is 5.03. The molecular formula is C20H19Cl2N3O2. The lowest BCUT2D eigenvalue weighted by atomic mass is 10.1. The Morgan fingerprint density at radius 3 is 2.59 bits per heavy atom. The Hall–Kier alpha value is -2.50. The van der Waals surface area contributed by atoms with E-state index in [1.165, 1.54) is 0 Å². The van der Waals surface area contributed by atoms with Crippen LogP contribution in [0.15, 0.2) is 54.9 Å². The minimum Gasteiger partial charge on any atom is -0.464 e. The fourth-order valence-electron chi connectivity index (χ4n) is 2.65. The van der Waals surface area contributed by atoms with Crippen molar-refractivity contribution in [2.75, 3.05) is 11.9 Å². The second kappa shape index (κ2) is 8.93. The van der Waals surface area contributed by atoms with Crippen LogP contribution >= 0.6 is 23.2 Å². The molecule has 0 saturated carbocycles. The molecule has 1 aromatic heterocycles. The van der Waals surface area contributed by atoms with Crippen LogP contribution in [0.2, 0.25) is 10.0 Å². The van der Waals surface area contributed by atoms with Crippen molar-refractivity contribution < 1.29 is 9.53 Å². The van der Waals surface area contributed by atoms with Crippen molar-refractivity contribution in [3.63, 3.8) is 0 Å². The highest BCUT2D eigenvalue weighted by Crippen LogP contribution is 2.33. The van der Waals surface area contributed by atoms with Crippen molar-refractivity contribution in [3.8, 4) is 0 Å². The van der Waals surface area contributed by atoms with Crippen LogP contribution in [0.5, 0.6) is 0 Å². The molecule has 2 aromatic carbocycles. The molecule has 0 aliphatic rings. The molecule has 3 rings (SSSR count). The van der Waals surface area contributed by atoms with Crippen LogP contribution in [0.25, 0.3) is 0 Å². The van der Waals surface area contributed by atoms with E-state index in [0.29, 0.717) is 28.9 Å². The number of hydrogen-bond acceptors (Lipinski definition) is 4. The third-order valence-corrected chi connectivity index (χ3v) is 4.72. The molecule has 0 spiro atoms. The first-order chi connectivity index (χ1) is 13.0. The van der Waals surface area contributed by atoms with Crippen molar-refractivity contribution in [2.45, 2.75) is 19.9 Å². The highest BCUT2D eigenvalue weighted by atomic mass is 35.5. The second-order valence-electron chi connectivity index (χ2n) is 5.94. The number of para-hydroxylation sites is 2. The van der Waals surface area contributed by atoms with Crippen molar-refractivity contribution >= 4 is 40.5 Å². The minimum absolute atomic E-state index is 0.147. The summed E-state index contributed by atoms with van der Waals surface area (Å²) in [6.45, 7) is 2.78. The van der Waals surface area contributed by atoms with Gasteiger partial charge in [0.1, 0.15) is 12.4 Å². The van der Waals surface area contributed by atoms with Crippen LogP contribution < -0.4 is 5.32 Å². The predicted molar refractivity (Wildman–Crippen MR) is 108 cm³/mol. The van der Waals surface area contributed by atoms with Crippen LogP contribution in [-0.4, -0.2) is 22.1 Å². The van der Waals surface area contributed by atoms with Crippen LogP contribution in [0.3, 0.4) is 0 Å². The molecule has 0 atom stereocenters. The Morgan fingerprint density at radius 2 is 1.89 bits per heavy atom. The van der Waals surface area contributed by atoms with Crippen molar-refractivity contribution in [2.24, 2.45) is 0 Å². The summed E-state index contributed by atoms with van der Waals surface area (Å²) in [6, 6.07) is 12.8. The van der Waals surface area contributed by atoms with Gasteiger partial charge in [-0.15, -0.1) is 0 Å². The number of hydrogen-bond donors (Lipinski definition) is 1. The molecule has 140 valence electrons. The molecule has 0 aliphatic heterocycles. The van der Waals surface area contributed by atoms with Gasteiger partial charge in [-0.25, -0.2) is 4.98 Å². The zero-order chi connectivity index (χ0) is 19.2. The number of aryl methyl sites for hydroxylation is 1. The number of nitrogens with zero attached hydrogens (tertiary/aromatic N) is 2. The van der Waals surface area contributed by atoms with E-state index in [-0.39, 0.29) is 12.4 Å². The molecule has 0 aliphatic carbocycles. The maximum absolute atomic E-state index is 12.2. The summed E-state index contributed by atoms with van der Waals surface area (Å²) in [7, 11) is 0. The molecule has 0 fully saturated rings. The summed E-state index contributed by atoms with van der Waals surface area (Å²) in [4.78, 5) is 16.4. The fourth-order valence-corrected chi connectivity index (χ4v) is 3.14. The molecule has 1 heterocycles. The molecule has 1 N–H and O–H groups in total. The number of nitrogens with one attached hydrogen (secondary N) is 1. The number of rotatable bonds is 7. The van der Waals surface area contributed by atoms with Gasteiger partial charge < -0.3 is 14.6 Å². The number of benzene rings is 2. The van der Waals surface area contributed by atoms with E-state index < -0.39 is 0 Å². The summed E-state index contributed by atoms with van der Waals surface area (Å²) in [5.74, 6) is 0.587. The van der Waals surface area contributed by atoms with Gasteiger partial charge in [-0.2, -0.15) is 0 Å². The van der Waals surface area contributed by atoms with Crippen molar-refractivity contribution in [3.05, 3.63) is 76.3 Å². The van der Waals surface area contributed by atoms with Crippen LogP contribution in [0.1, 0.15) is 11.4 Å². The number of aromatic nitrogens is 2. The lowest BCUT2D eigenvalue weighted by Gasteiger charge is -2.14. The van der Waals surface area contributed by atoms with E-state index in [4.69, 9.17) is 27.9 Å². The maximum Gasteiger partial charge on any atom is 0.310 e. The van der Waals surface area contributed by atoms with Gasteiger partial charge in [0.25, 0.3) is 0 Å². The monoisotopic (exact) mass is 403 g/mol. The average Bonchev–Trinajstić information content (AvgIpc) is 3.05. The van der Waals surface area contributed by atoms with E-state index in [1.54, 1.807) is 24.4 Å². The van der Waals surface area contributed by atoms with Gasteiger partial charge in [0.2, 0.25) is 0 Å². The van der Waals surface area contributed by atoms with E-state index in [9.17, 15) is 4.79 Å². The zero-order valence-corrected chi connectivity index (χ0v) is 16.3. The van der Waals surface area contributed by atoms with Crippen molar-refractivity contribution in [1.82, 2.24) is 9.55 Å². The molecule has 0 unspecified atom stereocenters. The smallest absolute Gasteiger partial charge is 0.310 e. The third kappa shape index (κ3) is 5.02. The van der Waals surface area contributed by atoms with E-state index >= 15 is 0 Å². The van der Waals surface area contributed by atoms with Gasteiger partial charge in [0.15, 0.2) is 0 Å². The topological polar surface area (TPSA) is 56.2 Å². The maximum atomic E-state index is 12.2. The Kier molecular flexibility index (Phi) is 6.37. The quantitative estimate of drug-likeness (QED) is 0.562. The molecular weight excluding hydrogens is 385 g/mol. The number of imidazole rings is 1. The van der Waals surface area contributed by atoms with E-state index in [1.807, 2.05) is 42.0 Å². The standard InChI is InChI=1S/C20H19Cl2N3O2/c1-14-23-9-10-25(14)11-12-27-19(26)13-15-5-2-3-8-18(15)24-20-16(21)6-4-7-17(20)22/h2-10,24H,11-13H2,1H3. The summed E-state index contributed by atoms with van der Waals surface area (Å²) in [5, 5.41) is 4.24. The number of ether oxygens (including phenoxy) is 1. The lowest BCUT2D eigenvalue weighted by molar-refractivity contribution is -0.143. The highest BCUT2D eigenvalue weighted by molar-refractivity contribution is 6.39. The molecule has 27 heavy (non-hydrogen) atoms. The molecule has 5 nitrogen and oxygen atoms in total. The average molecular weight is 404 g/mol. The molecule has 0 saturated heterocycles. The third-order valence-electron chi connectivity index (χ3n) is 4.09. The SMILES string of the molecule is Cc1nccn1CCOC(=O)Cc1ccccc1Nc1c(Cl)cccc1Cl. The molecule has 0 radical (unpaired) electrons. The number of halogens is 2. The van der Waals surface area contributed by atoms with Gasteiger partial charge in [-0.05, 0) is 30.7 Å². The summed E-state index contributed by atoms with van der Waals surface area (Å²) < 4.78 is 7.29. The second-order valence-corrected chi connectivity index (χ2v) is 6.76. The molecule has 7 heteroatoms. The molecule has 0 amide bonds. The van der Waals surface area contributed by atoms with Gasteiger partial charge in [0.05, 0.1) is 28.7 Å². The molecule has 0 bridgehead atoms.